The van der Waals surface area contributed by atoms with E-state index in [9.17, 15) is 4.79 Å². The van der Waals surface area contributed by atoms with Gasteiger partial charge in [0.15, 0.2) is 6.61 Å². The molecular formula is C19H26N2O2S. The number of hydrogen-bond donors (Lipinski definition) is 1. The highest BCUT2D eigenvalue weighted by Crippen LogP contribution is 2.17. The van der Waals surface area contributed by atoms with Gasteiger partial charge in [-0.15, -0.1) is 11.3 Å². The van der Waals surface area contributed by atoms with Gasteiger partial charge < -0.3 is 15.0 Å². The minimum Gasteiger partial charge on any atom is -0.484 e. The number of thiophene rings is 1. The van der Waals surface area contributed by atoms with E-state index >= 15 is 0 Å². The van der Waals surface area contributed by atoms with Crippen molar-refractivity contribution in [3.05, 3.63) is 52.2 Å². The maximum absolute atomic E-state index is 12.8. The minimum absolute atomic E-state index is 0.0195. The van der Waals surface area contributed by atoms with Crippen molar-refractivity contribution in [3.8, 4) is 5.75 Å². The first kappa shape index (κ1) is 18.5. The number of carbonyl (C=O) groups excluding carboxylic acids is 1. The molecule has 1 unspecified atom stereocenters. The third-order valence-electron chi connectivity index (χ3n) is 3.96. The standard InChI is InChI=1S/C19H26N2O2S/c1-4-16(12-20-3)21(13-18-6-5-11-24-18)19(22)14-23-17-9-7-15(2)8-10-17/h5-11,16,20H,4,12-14H2,1-3H3. The Labute approximate surface area is 148 Å². The number of ether oxygens (including phenoxy) is 1. The summed E-state index contributed by atoms with van der Waals surface area (Å²) in [6.07, 6.45) is 0.905. The fraction of sp³-hybridized carbons (Fsp3) is 0.421. The Balaban J connectivity index is 2.03. The molecule has 130 valence electrons. The van der Waals surface area contributed by atoms with Gasteiger partial charge in [0.2, 0.25) is 0 Å². The molecule has 2 aromatic rings. The SMILES string of the molecule is CCC(CNC)N(Cc1cccs1)C(=O)COc1ccc(C)cc1. The van der Waals surface area contributed by atoms with Gasteiger partial charge in [0.1, 0.15) is 5.75 Å². The molecule has 24 heavy (non-hydrogen) atoms. The van der Waals surface area contributed by atoms with E-state index in [0.29, 0.717) is 6.54 Å². The number of likely N-dealkylation sites (N-methyl/N-ethyl adjacent to an activating group) is 1. The van der Waals surface area contributed by atoms with Crippen molar-refractivity contribution in [2.75, 3.05) is 20.2 Å². The molecule has 5 heteroatoms. The minimum atomic E-state index is 0.0195. The van der Waals surface area contributed by atoms with E-state index in [4.69, 9.17) is 4.74 Å². The smallest absolute Gasteiger partial charge is 0.261 e. The average molecular weight is 346 g/mol. The lowest BCUT2D eigenvalue weighted by atomic mass is 10.1. The molecule has 0 spiro atoms. The van der Waals surface area contributed by atoms with Crippen LogP contribution >= 0.6 is 11.3 Å². The van der Waals surface area contributed by atoms with Crippen LogP contribution in [0.2, 0.25) is 0 Å². The normalized spacial score (nSPS) is 12.0. The number of aryl methyl sites for hydroxylation is 1. The van der Waals surface area contributed by atoms with Crippen LogP contribution in [0.5, 0.6) is 5.75 Å². The molecule has 0 aliphatic rings. The highest BCUT2D eigenvalue weighted by Gasteiger charge is 2.23. The van der Waals surface area contributed by atoms with E-state index in [1.54, 1.807) is 11.3 Å². The molecule has 1 heterocycles. The Bertz CT molecular complexity index is 611. The highest BCUT2D eigenvalue weighted by molar-refractivity contribution is 7.09. The van der Waals surface area contributed by atoms with Gasteiger partial charge in [0, 0.05) is 17.5 Å². The fourth-order valence-corrected chi connectivity index (χ4v) is 3.27. The van der Waals surface area contributed by atoms with Crippen molar-refractivity contribution >= 4 is 17.2 Å². The van der Waals surface area contributed by atoms with Crippen LogP contribution in [0.15, 0.2) is 41.8 Å². The van der Waals surface area contributed by atoms with E-state index in [1.807, 2.05) is 54.6 Å². The first-order chi connectivity index (χ1) is 11.6. The van der Waals surface area contributed by atoms with Gasteiger partial charge in [-0.3, -0.25) is 4.79 Å². The second-order valence-corrected chi connectivity index (χ2v) is 6.85. The zero-order chi connectivity index (χ0) is 17.4. The van der Waals surface area contributed by atoms with Crippen LogP contribution in [-0.4, -0.2) is 37.0 Å². The summed E-state index contributed by atoms with van der Waals surface area (Å²) in [5, 5.41) is 5.22. The van der Waals surface area contributed by atoms with Gasteiger partial charge >= 0.3 is 0 Å². The Morgan fingerprint density at radius 2 is 2.04 bits per heavy atom. The third-order valence-corrected chi connectivity index (χ3v) is 4.82. The molecule has 2 rings (SSSR count). The van der Waals surface area contributed by atoms with Crippen LogP contribution in [0.25, 0.3) is 0 Å². The van der Waals surface area contributed by atoms with Crippen molar-refractivity contribution in [1.29, 1.82) is 0 Å². The molecule has 1 amide bonds. The van der Waals surface area contributed by atoms with Crippen LogP contribution in [0, 0.1) is 6.92 Å². The number of benzene rings is 1. The maximum Gasteiger partial charge on any atom is 0.261 e. The number of hydrogen-bond acceptors (Lipinski definition) is 4. The molecule has 0 fully saturated rings. The second-order valence-electron chi connectivity index (χ2n) is 5.82. The van der Waals surface area contributed by atoms with Gasteiger partial charge in [-0.1, -0.05) is 30.7 Å². The molecule has 0 aliphatic heterocycles. The van der Waals surface area contributed by atoms with Crippen molar-refractivity contribution < 1.29 is 9.53 Å². The highest BCUT2D eigenvalue weighted by atomic mass is 32.1. The summed E-state index contributed by atoms with van der Waals surface area (Å²) >= 11 is 1.68. The molecule has 1 aromatic carbocycles. The molecule has 1 N–H and O–H groups in total. The Hall–Kier alpha value is -1.85. The molecular weight excluding hydrogens is 320 g/mol. The van der Waals surface area contributed by atoms with Crippen LogP contribution in [-0.2, 0) is 11.3 Å². The number of carbonyl (C=O) groups is 1. The van der Waals surface area contributed by atoms with Gasteiger partial charge in [-0.05, 0) is 44.0 Å². The van der Waals surface area contributed by atoms with E-state index in [-0.39, 0.29) is 18.6 Å². The van der Waals surface area contributed by atoms with E-state index < -0.39 is 0 Å². The number of nitrogens with one attached hydrogen (secondary N) is 1. The largest absolute Gasteiger partial charge is 0.484 e. The number of nitrogens with zero attached hydrogens (tertiary/aromatic N) is 1. The second kappa shape index (κ2) is 9.45. The molecule has 0 saturated carbocycles. The molecule has 1 atom stereocenters. The Morgan fingerprint density at radius 3 is 2.62 bits per heavy atom. The zero-order valence-corrected chi connectivity index (χ0v) is 15.4. The molecule has 0 aliphatic carbocycles. The van der Waals surface area contributed by atoms with Crippen LogP contribution in [0.3, 0.4) is 0 Å². The average Bonchev–Trinajstić information content (AvgIpc) is 3.10. The van der Waals surface area contributed by atoms with Crippen LogP contribution in [0.1, 0.15) is 23.8 Å². The summed E-state index contributed by atoms with van der Waals surface area (Å²) in [6, 6.07) is 12.0. The van der Waals surface area contributed by atoms with Crippen molar-refractivity contribution in [2.45, 2.75) is 32.9 Å². The van der Waals surface area contributed by atoms with E-state index in [2.05, 4.69) is 18.3 Å². The number of amides is 1. The predicted molar refractivity (Wildman–Crippen MR) is 99.5 cm³/mol. The quantitative estimate of drug-likeness (QED) is 0.756. The molecule has 0 bridgehead atoms. The zero-order valence-electron chi connectivity index (χ0n) is 14.6. The Morgan fingerprint density at radius 1 is 1.29 bits per heavy atom. The summed E-state index contributed by atoms with van der Waals surface area (Å²) in [4.78, 5) is 15.9. The first-order valence-electron chi connectivity index (χ1n) is 8.30. The van der Waals surface area contributed by atoms with Gasteiger partial charge in [0.05, 0.1) is 6.54 Å². The van der Waals surface area contributed by atoms with Crippen LogP contribution < -0.4 is 10.1 Å². The lowest BCUT2D eigenvalue weighted by molar-refractivity contribution is -0.136. The van der Waals surface area contributed by atoms with Crippen molar-refractivity contribution in [3.63, 3.8) is 0 Å². The van der Waals surface area contributed by atoms with Gasteiger partial charge in [-0.2, -0.15) is 0 Å². The Kier molecular flexibility index (Phi) is 7.28. The predicted octanol–water partition coefficient (Wildman–Crippen LogP) is 3.46. The summed E-state index contributed by atoms with van der Waals surface area (Å²) in [6.45, 7) is 5.61. The molecule has 0 radical (unpaired) electrons. The molecule has 1 aromatic heterocycles. The van der Waals surface area contributed by atoms with Crippen LogP contribution in [0.4, 0.5) is 0 Å². The van der Waals surface area contributed by atoms with Gasteiger partial charge in [-0.25, -0.2) is 0 Å². The van der Waals surface area contributed by atoms with E-state index in [0.717, 1.165) is 18.7 Å². The topological polar surface area (TPSA) is 41.6 Å². The summed E-state index contributed by atoms with van der Waals surface area (Å²) < 4.78 is 5.69. The molecule has 0 saturated heterocycles. The first-order valence-corrected chi connectivity index (χ1v) is 9.18. The van der Waals surface area contributed by atoms with Crippen molar-refractivity contribution in [2.24, 2.45) is 0 Å². The lowest BCUT2D eigenvalue weighted by Crippen LogP contribution is -2.46. The van der Waals surface area contributed by atoms with Crippen molar-refractivity contribution in [1.82, 2.24) is 10.2 Å². The van der Waals surface area contributed by atoms with Gasteiger partial charge in [0.25, 0.3) is 5.91 Å². The number of rotatable bonds is 9. The lowest BCUT2D eigenvalue weighted by Gasteiger charge is -2.31. The summed E-state index contributed by atoms with van der Waals surface area (Å²) in [5.74, 6) is 0.748. The maximum atomic E-state index is 12.8. The fourth-order valence-electron chi connectivity index (χ4n) is 2.56. The monoisotopic (exact) mass is 346 g/mol. The summed E-state index contributed by atoms with van der Waals surface area (Å²) in [7, 11) is 1.92. The van der Waals surface area contributed by atoms with E-state index in [1.165, 1.54) is 10.4 Å². The summed E-state index contributed by atoms with van der Waals surface area (Å²) in [5.41, 5.74) is 1.17. The molecule has 4 nitrogen and oxygen atoms in total. The third kappa shape index (κ3) is 5.35.